The van der Waals surface area contributed by atoms with Crippen LogP contribution in [0.3, 0.4) is 0 Å². The third-order valence-electron chi connectivity index (χ3n) is 4.85. The van der Waals surface area contributed by atoms with Crippen LogP contribution in [0.25, 0.3) is 0 Å². The summed E-state index contributed by atoms with van der Waals surface area (Å²) >= 11 is 1.59. The molecule has 2 aromatic heterocycles. The lowest BCUT2D eigenvalue weighted by atomic mass is 10.1. The Hall–Kier alpha value is -3.04. The molecular weight excluding hydrogens is 424 g/mol. The summed E-state index contributed by atoms with van der Waals surface area (Å²) in [5.41, 5.74) is 1.74. The number of hydrazone groups is 1. The van der Waals surface area contributed by atoms with Gasteiger partial charge in [0, 0.05) is 13.0 Å². The lowest BCUT2D eigenvalue weighted by Gasteiger charge is -2.23. The van der Waals surface area contributed by atoms with Crippen LogP contribution < -0.4 is 4.74 Å². The minimum Gasteiger partial charge on any atom is -0.467 e. The molecule has 0 spiro atoms. The number of hydrogen-bond acceptors (Lipinski definition) is 6. The van der Waals surface area contributed by atoms with Gasteiger partial charge >= 0.3 is 6.61 Å². The molecule has 0 bridgehead atoms. The zero-order chi connectivity index (χ0) is 21.8. The monoisotopic (exact) mass is 445 g/mol. The molecule has 6 nitrogen and oxygen atoms in total. The molecule has 1 aliphatic rings. The summed E-state index contributed by atoms with van der Waals surface area (Å²) in [7, 11) is 1.82. The molecule has 1 amide bonds. The van der Waals surface area contributed by atoms with Gasteiger partial charge in [0.2, 0.25) is 0 Å². The van der Waals surface area contributed by atoms with Crippen LogP contribution >= 0.6 is 11.3 Å². The van der Waals surface area contributed by atoms with Gasteiger partial charge in [-0.2, -0.15) is 13.9 Å². The summed E-state index contributed by atoms with van der Waals surface area (Å²) in [6, 6.07) is 13.7. The molecule has 31 heavy (non-hydrogen) atoms. The van der Waals surface area contributed by atoms with Gasteiger partial charge in [-0.05, 0) is 48.3 Å². The minimum absolute atomic E-state index is 0.103. The first kappa shape index (κ1) is 21.2. The molecular formula is C22H21F2N3O3S. The van der Waals surface area contributed by atoms with Gasteiger partial charge < -0.3 is 9.15 Å². The fourth-order valence-corrected chi connectivity index (χ4v) is 4.20. The maximum atomic E-state index is 13.1. The van der Waals surface area contributed by atoms with Gasteiger partial charge in [-0.25, -0.2) is 5.01 Å². The summed E-state index contributed by atoms with van der Waals surface area (Å²) in [6.07, 6.45) is 2.18. The summed E-state index contributed by atoms with van der Waals surface area (Å²) in [5, 5.41) is 8.09. The van der Waals surface area contributed by atoms with Crippen molar-refractivity contribution < 1.29 is 22.7 Å². The Morgan fingerprint density at radius 2 is 2.10 bits per heavy atom. The summed E-state index contributed by atoms with van der Waals surface area (Å²) < 4.78 is 34.5. The average Bonchev–Trinajstić information content (AvgIpc) is 3.49. The zero-order valence-electron chi connectivity index (χ0n) is 16.8. The molecule has 0 N–H and O–H groups in total. The third-order valence-corrected chi connectivity index (χ3v) is 5.77. The molecule has 0 radical (unpaired) electrons. The van der Waals surface area contributed by atoms with Crippen molar-refractivity contribution in [1.82, 2.24) is 9.91 Å². The molecule has 9 heteroatoms. The Morgan fingerprint density at radius 3 is 2.74 bits per heavy atom. The second kappa shape index (κ2) is 9.40. The predicted octanol–water partition coefficient (Wildman–Crippen LogP) is 4.75. The Morgan fingerprint density at radius 1 is 1.29 bits per heavy atom. The van der Waals surface area contributed by atoms with Crippen LogP contribution in [0, 0.1) is 0 Å². The first-order chi connectivity index (χ1) is 15.0. The lowest BCUT2D eigenvalue weighted by Crippen LogP contribution is -2.36. The van der Waals surface area contributed by atoms with E-state index in [-0.39, 0.29) is 24.2 Å². The minimum atomic E-state index is -2.85. The van der Waals surface area contributed by atoms with Crippen molar-refractivity contribution in [2.45, 2.75) is 25.6 Å². The van der Waals surface area contributed by atoms with Crippen LogP contribution in [0.15, 0.2) is 69.7 Å². The van der Waals surface area contributed by atoms with Gasteiger partial charge in [-0.3, -0.25) is 9.69 Å². The van der Waals surface area contributed by atoms with Crippen molar-refractivity contribution in [2.24, 2.45) is 5.10 Å². The number of carbonyl (C=O) groups excluding carboxylic acids is 1. The number of amides is 1. The molecule has 3 heterocycles. The van der Waals surface area contributed by atoms with E-state index in [4.69, 9.17) is 4.42 Å². The first-order valence-electron chi connectivity index (χ1n) is 9.68. The quantitative estimate of drug-likeness (QED) is 0.502. The van der Waals surface area contributed by atoms with Gasteiger partial charge in [-0.1, -0.05) is 18.2 Å². The SMILES string of the molecule is CN(CC(=O)N1N=C(c2cccs2)CC1c1ccco1)Cc1ccc(OC(F)F)cc1. The predicted molar refractivity (Wildman–Crippen MR) is 113 cm³/mol. The zero-order valence-corrected chi connectivity index (χ0v) is 17.6. The van der Waals surface area contributed by atoms with E-state index < -0.39 is 6.61 Å². The number of nitrogens with zero attached hydrogens (tertiary/aromatic N) is 3. The number of ether oxygens (including phenoxy) is 1. The van der Waals surface area contributed by atoms with E-state index in [1.54, 1.807) is 35.8 Å². The molecule has 1 aliphatic heterocycles. The van der Waals surface area contributed by atoms with E-state index in [1.165, 1.54) is 17.1 Å². The van der Waals surface area contributed by atoms with Crippen molar-refractivity contribution in [3.05, 3.63) is 76.4 Å². The highest BCUT2D eigenvalue weighted by molar-refractivity contribution is 7.12. The standard InChI is InChI=1S/C22H21F2N3O3S/c1-26(13-15-6-8-16(9-7-15)30-22(23)24)14-21(28)27-18(19-4-2-10-29-19)12-17(25-27)20-5-3-11-31-20/h2-11,18,22H,12-14H2,1H3. The number of alkyl halides is 2. The molecule has 1 aromatic carbocycles. The van der Waals surface area contributed by atoms with E-state index in [1.807, 2.05) is 35.5 Å². The number of hydrogen-bond donors (Lipinski definition) is 0. The third kappa shape index (κ3) is 5.18. The second-order valence-corrected chi connectivity index (χ2v) is 8.14. The van der Waals surface area contributed by atoms with Crippen molar-refractivity contribution >= 4 is 23.0 Å². The highest BCUT2D eigenvalue weighted by atomic mass is 32.1. The highest BCUT2D eigenvalue weighted by Gasteiger charge is 2.35. The van der Waals surface area contributed by atoms with Crippen LogP contribution in [0.5, 0.6) is 5.75 Å². The van der Waals surface area contributed by atoms with E-state index in [2.05, 4.69) is 9.84 Å². The number of halogens is 2. The van der Waals surface area contributed by atoms with E-state index >= 15 is 0 Å². The topological polar surface area (TPSA) is 58.3 Å². The Balaban J connectivity index is 1.42. The first-order valence-corrected chi connectivity index (χ1v) is 10.6. The molecule has 0 aliphatic carbocycles. The molecule has 0 saturated carbocycles. The number of benzene rings is 1. The van der Waals surface area contributed by atoms with E-state index in [9.17, 15) is 13.6 Å². The Kier molecular flexibility index (Phi) is 6.43. The number of thiophene rings is 1. The summed E-state index contributed by atoms with van der Waals surface area (Å²) in [6.45, 7) is -2.23. The molecule has 1 unspecified atom stereocenters. The normalized spacial score (nSPS) is 16.2. The number of carbonyl (C=O) groups is 1. The molecule has 3 aromatic rings. The van der Waals surface area contributed by atoms with Crippen LogP contribution in [0.2, 0.25) is 0 Å². The van der Waals surface area contributed by atoms with Gasteiger partial charge in [-0.15, -0.1) is 11.3 Å². The van der Waals surface area contributed by atoms with Crippen molar-refractivity contribution in [3.8, 4) is 5.75 Å². The molecule has 1 atom stereocenters. The van der Waals surface area contributed by atoms with Gasteiger partial charge in [0.1, 0.15) is 17.6 Å². The fraction of sp³-hybridized carbons (Fsp3) is 0.273. The van der Waals surface area contributed by atoms with E-state index in [0.29, 0.717) is 18.7 Å². The lowest BCUT2D eigenvalue weighted by molar-refractivity contribution is -0.134. The van der Waals surface area contributed by atoms with Crippen molar-refractivity contribution in [3.63, 3.8) is 0 Å². The maximum absolute atomic E-state index is 13.1. The Labute approximate surface area is 182 Å². The largest absolute Gasteiger partial charge is 0.467 e. The van der Waals surface area contributed by atoms with Crippen LogP contribution in [-0.2, 0) is 11.3 Å². The van der Waals surface area contributed by atoms with Crippen molar-refractivity contribution in [2.75, 3.05) is 13.6 Å². The average molecular weight is 445 g/mol. The van der Waals surface area contributed by atoms with Gasteiger partial charge in [0.05, 0.1) is 23.4 Å². The maximum Gasteiger partial charge on any atom is 0.387 e. The van der Waals surface area contributed by atoms with E-state index in [0.717, 1.165) is 16.2 Å². The van der Waals surface area contributed by atoms with Crippen LogP contribution in [0.4, 0.5) is 8.78 Å². The van der Waals surface area contributed by atoms with Crippen LogP contribution in [-0.4, -0.2) is 41.7 Å². The van der Waals surface area contributed by atoms with Crippen molar-refractivity contribution in [1.29, 1.82) is 0 Å². The number of furan rings is 1. The smallest absolute Gasteiger partial charge is 0.387 e. The van der Waals surface area contributed by atoms with Gasteiger partial charge in [0.15, 0.2) is 0 Å². The second-order valence-electron chi connectivity index (χ2n) is 7.19. The number of likely N-dealkylation sites (N-methyl/N-ethyl adjacent to an activating group) is 1. The highest BCUT2D eigenvalue weighted by Crippen LogP contribution is 2.34. The molecule has 0 saturated heterocycles. The van der Waals surface area contributed by atoms with Crippen LogP contribution in [0.1, 0.15) is 28.7 Å². The fourth-order valence-electron chi connectivity index (χ4n) is 3.48. The summed E-state index contributed by atoms with van der Waals surface area (Å²) in [5.74, 6) is 0.653. The molecule has 0 fully saturated rings. The molecule has 4 rings (SSSR count). The summed E-state index contributed by atoms with van der Waals surface area (Å²) in [4.78, 5) is 16.0. The molecule has 162 valence electrons. The van der Waals surface area contributed by atoms with Gasteiger partial charge in [0.25, 0.3) is 5.91 Å². The number of rotatable bonds is 8. The Bertz CT molecular complexity index is 1020.